The van der Waals surface area contributed by atoms with Crippen LogP contribution in [0.4, 0.5) is 0 Å². The van der Waals surface area contributed by atoms with Gasteiger partial charge >= 0.3 is 0 Å². The molecule has 1 aliphatic rings. The van der Waals surface area contributed by atoms with Crippen LogP contribution in [-0.4, -0.2) is 16.1 Å². The predicted octanol–water partition coefficient (Wildman–Crippen LogP) is 0.924. The van der Waals surface area contributed by atoms with Crippen molar-refractivity contribution in [2.24, 2.45) is 12.8 Å². The molecular formula is C13H15N3O. The molecular weight excluding hydrogens is 214 g/mol. The number of hydrogen-bond donors (Lipinski definition) is 1. The Bertz CT molecular complexity index is 641. The summed E-state index contributed by atoms with van der Waals surface area (Å²) in [7, 11) is 1.78. The van der Waals surface area contributed by atoms with Crippen LogP contribution in [-0.2, 0) is 12.5 Å². The highest BCUT2D eigenvalue weighted by molar-refractivity contribution is 5.77. The fourth-order valence-electron chi connectivity index (χ4n) is 2.36. The topological polar surface area (TPSA) is 60.9 Å². The number of fused-ring (bicyclic) bond motifs is 1. The molecule has 1 saturated carbocycles. The Labute approximate surface area is 99.1 Å². The average Bonchev–Trinajstić information content (AvgIpc) is 3.15. The van der Waals surface area contributed by atoms with Crippen molar-refractivity contribution < 1.29 is 0 Å². The largest absolute Gasteiger partial charge is 0.329 e. The Morgan fingerprint density at radius 2 is 2.12 bits per heavy atom. The molecule has 0 radical (unpaired) electrons. The van der Waals surface area contributed by atoms with Crippen molar-refractivity contribution in [3.05, 3.63) is 40.4 Å². The first-order chi connectivity index (χ1) is 8.18. The summed E-state index contributed by atoms with van der Waals surface area (Å²) >= 11 is 0. The molecule has 1 fully saturated rings. The highest BCUT2D eigenvalue weighted by atomic mass is 16.1. The number of para-hydroxylation sites is 1. The van der Waals surface area contributed by atoms with Gasteiger partial charge in [-0.3, -0.25) is 9.36 Å². The van der Waals surface area contributed by atoms with E-state index in [0.717, 1.165) is 24.2 Å². The number of nitrogens with two attached hydrogens (primary N) is 1. The van der Waals surface area contributed by atoms with Crippen molar-refractivity contribution in [3.8, 4) is 0 Å². The van der Waals surface area contributed by atoms with E-state index in [9.17, 15) is 4.79 Å². The molecule has 0 amide bonds. The molecule has 3 rings (SSSR count). The quantitative estimate of drug-likeness (QED) is 0.833. The van der Waals surface area contributed by atoms with Crippen LogP contribution in [0.1, 0.15) is 18.7 Å². The van der Waals surface area contributed by atoms with Gasteiger partial charge in [-0.1, -0.05) is 12.1 Å². The standard InChI is InChI=1S/C13H15N3O/c1-16-11(17)9-4-2-3-5-10(9)15-12(16)13(8-14)6-7-13/h2-5H,6-8,14H2,1H3. The number of rotatable bonds is 2. The Kier molecular flexibility index (Phi) is 2.10. The third-order valence-corrected chi connectivity index (χ3v) is 3.70. The molecule has 4 nitrogen and oxygen atoms in total. The fraction of sp³-hybridized carbons (Fsp3) is 0.385. The molecule has 88 valence electrons. The zero-order chi connectivity index (χ0) is 12.0. The van der Waals surface area contributed by atoms with Gasteiger partial charge < -0.3 is 5.73 Å². The van der Waals surface area contributed by atoms with Gasteiger partial charge in [0.05, 0.1) is 10.9 Å². The molecule has 2 aromatic rings. The summed E-state index contributed by atoms with van der Waals surface area (Å²) in [6.45, 7) is 0.561. The molecule has 0 unspecified atom stereocenters. The average molecular weight is 229 g/mol. The van der Waals surface area contributed by atoms with Crippen LogP contribution in [0.3, 0.4) is 0 Å². The molecule has 0 saturated heterocycles. The van der Waals surface area contributed by atoms with E-state index in [0.29, 0.717) is 11.9 Å². The van der Waals surface area contributed by atoms with Gasteiger partial charge in [0.25, 0.3) is 5.56 Å². The summed E-state index contributed by atoms with van der Waals surface area (Å²) in [4.78, 5) is 16.8. The number of aromatic nitrogens is 2. The molecule has 0 bridgehead atoms. The van der Waals surface area contributed by atoms with E-state index in [-0.39, 0.29) is 11.0 Å². The lowest BCUT2D eigenvalue weighted by molar-refractivity contribution is 0.594. The summed E-state index contributed by atoms with van der Waals surface area (Å²) in [5.41, 5.74) is 6.54. The van der Waals surface area contributed by atoms with Gasteiger partial charge in [-0.05, 0) is 25.0 Å². The van der Waals surface area contributed by atoms with Crippen LogP contribution in [0.5, 0.6) is 0 Å². The van der Waals surface area contributed by atoms with Crippen molar-refractivity contribution >= 4 is 10.9 Å². The lowest BCUT2D eigenvalue weighted by Crippen LogP contribution is -2.31. The van der Waals surface area contributed by atoms with Crippen LogP contribution < -0.4 is 11.3 Å². The maximum atomic E-state index is 12.2. The summed E-state index contributed by atoms with van der Waals surface area (Å²) in [6.07, 6.45) is 2.06. The molecule has 1 aliphatic carbocycles. The maximum absolute atomic E-state index is 12.2. The first kappa shape index (κ1) is 10.5. The SMILES string of the molecule is Cn1c(C2(CN)CC2)nc2ccccc2c1=O. The molecule has 1 heterocycles. The van der Waals surface area contributed by atoms with Crippen LogP contribution in [0, 0.1) is 0 Å². The lowest BCUT2D eigenvalue weighted by atomic mass is 10.1. The Morgan fingerprint density at radius 1 is 1.41 bits per heavy atom. The minimum atomic E-state index is -0.0576. The zero-order valence-electron chi connectivity index (χ0n) is 9.81. The van der Waals surface area contributed by atoms with Gasteiger partial charge in [0.1, 0.15) is 5.82 Å². The van der Waals surface area contributed by atoms with Crippen molar-refractivity contribution in [1.82, 2.24) is 9.55 Å². The van der Waals surface area contributed by atoms with Crippen molar-refractivity contribution in [2.75, 3.05) is 6.54 Å². The molecule has 2 N–H and O–H groups in total. The van der Waals surface area contributed by atoms with E-state index in [1.54, 1.807) is 11.6 Å². The second-order valence-electron chi connectivity index (χ2n) is 4.80. The van der Waals surface area contributed by atoms with E-state index >= 15 is 0 Å². The van der Waals surface area contributed by atoms with Crippen molar-refractivity contribution in [1.29, 1.82) is 0 Å². The minimum absolute atomic E-state index is 0.0188. The van der Waals surface area contributed by atoms with E-state index in [4.69, 9.17) is 5.73 Å². The molecule has 0 atom stereocenters. The number of hydrogen-bond acceptors (Lipinski definition) is 3. The third kappa shape index (κ3) is 1.41. The summed E-state index contributed by atoms with van der Waals surface area (Å²) in [5.74, 6) is 0.837. The van der Waals surface area contributed by atoms with Crippen LogP contribution in [0.15, 0.2) is 29.1 Å². The smallest absolute Gasteiger partial charge is 0.261 e. The Hall–Kier alpha value is -1.68. The van der Waals surface area contributed by atoms with E-state index in [2.05, 4.69) is 4.98 Å². The van der Waals surface area contributed by atoms with Gasteiger partial charge in [-0.15, -0.1) is 0 Å². The third-order valence-electron chi connectivity index (χ3n) is 3.70. The first-order valence-electron chi connectivity index (χ1n) is 5.84. The van der Waals surface area contributed by atoms with Gasteiger partial charge in [-0.2, -0.15) is 0 Å². The van der Waals surface area contributed by atoms with Gasteiger partial charge in [0.2, 0.25) is 0 Å². The van der Waals surface area contributed by atoms with E-state index in [1.807, 2.05) is 24.3 Å². The molecule has 1 aromatic heterocycles. The monoisotopic (exact) mass is 229 g/mol. The second-order valence-corrected chi connectivity index (χ2v) is 4.80. The van der Waals surface area contributed by atoms with Gasteiger partial charge in [0.15, 0.2) is 0 Å². The first-order valence-corrected chi connectivity index (χ1v) is 5.84. The predicted molar refractivity (Wildman–Crippen MR) is 67.0 cm³/mol. The Morgan fingerprint density at radius 3 is 2.76 bits per heavy atom. The van der Waals surface area contributed by atoms with Gasteiger partial charge in [0, 0.05) is 19.0 Å². The molecule has 4 heteroatoms. The molecule has 0 spiro atoms. The highest BCUT2D eigenvalue weighted by Crippen LogP contribution is 2.45. The zero-order valence-corrected chi connectivity index (χ0v) is 9.81. The van der Waals surface area contributed by atoms with Crippen molar-refractivity contribution in [3.63, 3.8) is 0 Å². The van der Waals surface area contributed by atoms with Crippen LogP contribution in [0.2, 0.25) is 0 Å². The number of benzene rings is 1. The highest BCUT2D eigenvalue weighted by Gasteiger charge is 2.46. The fourth-order valence-corrected chi connectivity index (χ4v) is 2.36. The molecule has 17 heavy (non-hydrogen) atoms. The normalized spacial score (nSPS) is 17.3. The van der Waals surface area contributed by atoms with Crippen LogP contribution in [0.25, 0.3) is 10.9 Å². The second kappa shape index (κ2) is 3.40. The van der Waals surface area contributed by atoms with E-state index < -0.39 is 0 Å². The number of nitrogens with zero attached hydrogens (tertiary/aromatic N) is 2. The molecule has 1 aromatic carbocycles. The Balaban J connectivity index is 2.34. The maximum Gasteiger partial charge on any atom is 0.261 e. The lowest BCUT2D eigenvalue weighted by Gasteiger charge is -2.16. The summed E-state index contributed by atoms with van der Waals surface area (Å²) in [5, 5.41) is 0.673. The minimum Gasteiger partial charge on any atom is -0.329 e. The van der Waals surface area contributed by atoms with Gasteiger partial charge in [-0.25, -0.2) is 4.98 Å². The summed E-state index contributed by atoms with van der Waals surface area (Å²) in [6, 6.07) is 7.46. The molecule has 0 aliphatic heterocycles. The summed E-state index contributed by atoms with van der Waals surface area (Å²) < 4.78 is 1.65. The van der Waals surface area contributed by atoms with Crippen molar-refractivity contribution in [2.45, 2.75) is 18.3 Å². The van der Waals surface area contributed by atoms with Crippen LogP contribution >= 0.6 is 0 Å². The van der Waals surface area contributed by atoms with E-state index in [1.165, 1.54) is 0 Å².